The minimum atomic E-state index is -0.431. The van der Waals surface area contributed by atoms with Gasteiger partial charge in [-0.2, -0.15) is 4.98 Å². The van der Waals surface area contributed by atoms with Crippen LogP contribution in [0, 0.1) is 10.1 Å². The first-order chi connectivity index (χ1) is 15.7. The van der Waals surface area contributed by atoms with Crippen LogP contribution in [-0.4, -0.2) is 46.1 Å². The van der Waals surface area contributed by atoms with Crippen molar-refractivity contribution in [2.24, 2.45) is 0 Å². The maximum absolute atomic E-state index is 11.0. The summed E-state index contributed by atoms with van der Waals surface area (Å²) in [5.41, 5.74) is 2.07. The molecule has 32 heavy (non-hydrogen) atoms. The van der Waals surface area contributed by atoms with Crippen molar-refractivity contribution in [3.8, 4) is 22.8 Å². The van der Waals surface area contributed by atoms with Gasteiger partial charge in [0, 0.05) is 36.2 Å². The van der Waals surface area contributed by atoms with Crippen LogP contribution in [0.1, 0.15) is 5.82 Å². The van der Waals surface area contributed by atoms with Crippen LogP contribution < -0.4 is 4.74 Å². The average molecular weight is 449 g/mol. The highest BCUT2D eigenvalue weighted by atomic mass is 32.1. The highest BCUT2D eigenvalue weighted by molar-refractivity contribution is 7.17. The molecule has 2 aromatic heterocycles. The van der Waals surface area contributed by atoms with Gasteiger partial charge in [-0.25, -0.2) is 4.98 Å². The molecule has 1 fully saturated rings. The number of non-ortho nitro benzene ring substituents is 1. The van der Waals surface area contributed by atoms with Gasteiger partial charge < -0.3 is 9.47 Å². The molecule has 162 valence electrons. The van der Waals surface area contributed by atoms with E-state index in [2.05, 4.69) is 10.3 Å². The number of nitrogens with zero attached hydrogens (tertiary/aromatic N) is 4. The van der Waals surface area contributed by atoms with Crippen LogP contribution in [0.2, 0.25) is 0 Å². The fourth-order valence-corrected chi connectivity index (χ4v) is 4.59. The van der Waals surface area contributed by atoms with Gasteiger partial charge in [0.1, 0.15) is 16.4 Å². The molecule has 0 aliphatic carbocycles. The summed E-state index contributed by atoms with van der Waals surface area (Å²) < 4.78 is 11.6. The van der Waals surface area contributed by atoms with Gasteiger partial charge in [0.25, 0.3) is 5.69 Å². The van der Waals surface area contributed by atoms with Crippen molar-refractivity contribution in [3.63, 3.8) is 0 Å². The van der Waals surface area contributed by atoms with Gasteiger partial charge in [0.05, 0.1) is 30.1 Å². The molecular formula is C23H20N4O4S. The van der Waals surface area contributed by atoms with E-state index in [-0.39, 0.29) is 5.69 Å². The van der Waals surface area contributed by atoms with E-state index in [4.69, 9.17) is 19.4 Å². The molecule has 0 spiro atoms. The molecule has 1 saturated heterocycles. The number of rotatable bonds is 6. The molecule has 4 aromatic rings. The van der Waals surface area contributed by atoms with Crippen molar-refractivity contribution in [2.45, 2.75) is 6.54 Å². The summed E-state index contributed by atoms with van der Waals surface area (Å²) in [7, 11) is 0. The lowest BCUT2D eigenvalue weighted by Gasteiger charge is -2.25. The van der Waals surface area contributed by atoms with E-state index < -0.39 is 4.92 Å². The largest absolute Gasteiger partial charge is 0.438 e. The minimum Gasteiger partial charge on any atom is -0.438 e. The van der Waals surface area contributed by atoms with Gasteiger partial charge in [-0.1, -0.05) is 30.3 Å². The lowest BCUT2D eigenvalue weighted by atomic mass is 10.1. The maximum Gasteiger partial charge on any atom is 0.269 e. The molecule has 0 saturated carbocycles. The maximum atomic E-state index is 11.0. The van der Waals surface area contributed by atoms with Gasteiger partial charge in [-0.05, 0) is 17.7 Å². The van der Waals surface area contributed by atoms with Crippen LogP contribution in [0.25, 0.3) is 21.3 Å². The third kappa shape index (κ3) is 4.31. The standard InChI is InChI=1S/C23H20N4O4S/c28-27(29)17-6-8-18(9-7-17)31-22-21-19(16-4-2-1-3-5-16)15-32-23(21)25-20(24-22)14-26-10-12-30-13-11-26/h1-9,15H,10-14H2. The minimum absolute atomic E-state index is 0.0127. The number of hydrogen-bond acceptors (Lipinski definition) is 8. The Kier molecular flexibility index (Phi) is 5.76. The van der Waals surface area contributed by atoms with Crippen molar-refractivity contribution in [2.75, 3.05) is 26.3 Å². The third-order valence-corrected chi connectivity index (χ3v) is 6.13. The molecule has 5 rings (SSSR count). The van der Waals surface area contributed by atoms with Crippen LogP contribution in [0.15, 0.2) is 60.0 Å². The van der Waals surface area contributed by atoms with Gasteiger partial charge in [0.15, 0.2) is 0 Å². The van der Waals surface area contributed by atoms with E-state index in [0.717, 1.165) is 34.4 Å². The Morgan fingerprint density at radius 1 is 1.06 bits per heavy atom. The predicted molar refractivity (Wildman–Crippen MR) is 122 cm³/mol. The summed E-state index contributed by atoms with van der Waals surface area (Å²) in [6.07, 6.45) is 0. The van der Waals surface area contributed by atoms with Crippen molar-refractivity contribution in [3.05, 3.63) is 75.9 Å². The van der Waals surface area contributed by atoms with E-state index in [1.54, 1.807) is 23.5 Å². The second-order valence-electron chi connectivity index (χ2n) is 7.38. The normalized spacial score (nSPS) is 14.5. The highest BCUT2D eigenvalue weighted by Gasteiger charge is 2.20. The smallest absolute Gasteiger partial charge is 0.269 e. The number of aromatic nitrogens is 2. The first kappa shape index (κ1) is 20.5. The van der Waals surface area contributed by atoms with E-state index in [9.17, 15) is 10.1 Å². The molecule has 0 atom stereocenters. The van der Waals surface area contributed by atoms with Crippen LogP contribution in [0.3, 0.4) is 0 Å². The zero-order chi connectivity index (χ0) is 21.9. The van der Waals surface area contributed by atoms with Crippen LogP contribution in [-0.2, 0) is 11.3 Å². The van der Waals surface area contributed by atoms with Gasteiger partial charge in [-0.15, -0.1) is 11.3 Å². The summed E-state index contributed by atoms with van der Waals surface area (Å²) in [5.74, 6) is 1.61. The summed E-state index contributed by atoms with van der Waals surface area (Å²) in [6, 6.07) is 16.1. The quantitative estimate of drug-likeness (QED) is 0.306. The van der Waals surface area contributed by atoms with Crippen LogP contribution in [0.5, 0.6) is 11.6 Å². The lowest BCUT2D eigenvalue weighted by molar-refractivity contribution is -0.384. The molecular weight excluding hydrogens is 428 g/mol. The van der Waals surface area contributed by atoms with Crippen molar-refractivity contribution < 1.29 is 14.4 Å². The number of ether oxygens (including phenoxy) is 2. The van der Waals surface area contributed by atoms with Crippen LogP contribution >= 0.6 is 11.3 Å². The summed E-state index contributed by atoms with van der Waals surface area (Å²) >= 11 is 1.55. The van der Waals surface area contributed by atoms with E-state index in [1.807, 2.05) is 30.3 Å². The molecule has 0 N–H and O–H groups in total. The van der Waals surface area contributed by atoms with E-state index in [0.29, 0.717) is 37.2 Å². The predicted octanol–water partition coefficient (Wildman–Crippen LogP) is 4.89. The van der Waals surface area contributed by atoms with Crippen molar-refractivity contribution >= 4 is 27.2 Å². The third-order valence-electron chi connectivity index (χ3n) is 5.26. The molecule has 1 aliphatic rings. The summed E-state index contributed by atoms with van der Waals surface area (Å²) in [5, 5.41) is 13.9. The molecule has 0 unspecified atom stereocenters. The average Bonchev–Trinajstić information content (AvgIpc) is 3.25. The number of benzene rings is 2. The Balaban J connectivity index is 1.56. The molecule has 3 heterocycles. The van der Waals surface area contributed by atoms with Crippen molar-refractivity contribution in [1.29, 1.82) is 0 Å². The van der Waals surface area contributed by atoms with Gasteiger partial charge in [-0.3, -0.25) is 15.0 Å². The number of nitro benzene ring substituents is 1. The Morgan fingerprint density at radius 3 is 2.53 bits per heavy atom. The van der Waals surface area contributed by atoms with Crippen LogP contribution in [0.4, 0.5) is 5.69 Å². The first-order valence-corrected chi connectivity index (χ1v) is 11.1. The molecule has 9 heteroatoms. The van der Waals surface area contributed by atoms with Gasteiger partial charge >= 0.3 is 0 Å². The Morgan fingerprint density at radius 2 is 1.81 bits per heavy atom. The Labute approximate surface area is 188 Å². The monoisotopic (exact) mass is 448 g/mol. The number of hydrogen-bond donors (Lipinski definition) is 0. The second kappa shape index (κ2) is 8.99. The highest BCUT2D eigenvalue weighted by Crippen LogP contribution is 2.39. The zero-order valence-electron chi connectivity index (χ0n) is 17.1. The Hall–Kier alpha value is -3.40. The summed E-state index contributed by atoms with van der Waals surface area (Å²) in [4.78, 5) is 23.2. The second-order valence-corrected chi connectivity index (χ2v) is 8.24. The molecule has 8 nitrogen and oxygen atoms in total. The number of fused-ring (bicyclic) bond motifs is 1. The number of morpholine rings is 1. The summed E-state index contributed by atoms with van der Waals surface area (Å²) in [6.45, 7) is 3.67. The fraction of sp³-hybridized carbons (Fsp3) is 0.217. The molecule has 2 aromatic carbocycles. The topological polar surface area (TPSA) is 90.6 Å². The van der Waals surface area contributed by atoms with E-state index in [1.165, 1.54) is 12.1 Å². The molecule has 1 aliphatic heterocycles. The molecule has 0 radical (unpaired) electrons. The SMILES string of the molecule is O=[N+]([O-])c1ccc(Oc2nc(CN3CCOCC3)nc3scc(-c4ccccc4)c23)cc1. The zero-order valence-corrected chi connectivity index (χ0v) is 18.0. The lowest BCUT2D eigenvalue weighted by Crippen LogP contribution is -2.36. The van der Waals surface area contributed by atoms with E-state index >= 15 is 0 Å². The molecule has 0 bridgehead atoms. The van der Waals surface area contributed by atoms with Crippen molar-refractivity contribution in [1.82, 2.24) is 14.9 Å². The molecule has 0 amide bonds. The van der Waals surface area contributed by atoms with Gasteiger partial charge in [0.2, 0.25) is 5.88 Å². The Bertz CT molecular complexity index is 1240. The number of thiophene rings is 1. The number of nitro groups is 1. The first-order valence-electron chi connectivity index (χ1n) is 10.2. The fourth-order valence-electron chi connectivity index (χ4n) is 3.63.